The van der Waals surface area contributed by atoms with Crippen molar-refractivity contribution in [1.82, 2.24) is 0 Å². The van der Waals surface area contributed by atoms with E-state index >= 15 is 0 Å². The zero-order valence-corrected chi connectivity index (χ0v) is 9.38. The minimum atomic E-state index is 1.14. The smallest absolute Gasteiger partial charge is 0.0386 e. The molecule has 0 spiro atoms. The van der Waals surface area contributed by atoms with Gasteiger partial charge in [0.25, 0.3) is 0 Å². The standard InChI is InChI=1S/C12H22.C2H2/c1-3-7-11(8-4-1)12-9-5-2-6-10-12;1-2/h11-12H,1-10H2;1-2H. The maximum atomic E-state index is 4.00. The lowest BCUT2D eigenvalue weighted by Crippen LogP contribution is -2.20. The first-order valence-corrected chi connectivity index (χ1v) is 6.30. The Balaban J connectivity index is 0.000000461. The van der Waals surface area contributed by atoms with E-state index in [4.69, 9.17) is 0 Å². The first-order chi connectivity index (χ1) is 6.97. The van der Waals surface area contributed by atoms with Crippen LogP contribution in [0, 0.1) is 24.7 Å². The highest BCUT2D eigenvalue weighted by Gasteiger charge is 2.24. The minimum absolute atomic E-state index is 1.14. The van der Waals surface area contributed by atoms with E-state index in [0.717, 1.165) is 11.8 Å². The molecule has 0 unspecified atom stereocenters. The lowest BCUT2D eigenvalue weighted by atomic mass is 9.73. The first-order valence-electron chi connectivity index (χ1n) is 6.30. The van der Waals surface area contributed by atoms with Gasteiger partial charge in [0.05, 0.1) is 0 Å². The quantitative estimate of drug-likeness (QED) is 0.540. The Labute approximate surface area is 89.5 Å². The largest absolute Gasteiger partial charge is 0.124 e. The molecule has 0 radical (unpaired) electrons. The van der Waals surface area contributed by atoms with Gasteiger partial charge in [-0.2, -0.15) is 0 Å². The van der Waals surface area contributed by atoms with Gasteiger partial charge in [-0.1, -0.05) is 64.2 Å². The molecule has 2 aliphatic rings. The molecule has 0 saturated heterocycles. The summed E-state index contributed by atoms with van der Waals surface area (Å²) in [6, 6.07) is 0. The highest BCUT2D eigenvalue weighted by molar-refractivity contribution is 4.76. The molecule has 2 rings (SSSR count). The monoisotopic (exact) mass is 192 g/mol. The molecule has 0 atom stereocenters. The molecule has 0 aromatic carbocycles. The Morgan fingerprint density at radius 1 is 0.500 bits per heavy atom. The van der Waals surface area contributed by atoms with E-state index in [0.29, 0.717) is 0 Å². The van der Waals surface area contributed by atoms with Crippen LogP contribution in [-0.4, -0.2) is 0 Å². The van der Waals surface area contributed by atoms with E-state index in [-0.39, 0.29) is 0 Å². The average Bonchev–Trinajstić information content (AvgIpc) is 2.34. The van der Waals surface area contributed by atoms with E-state index in [2.05, 4.69) is 12.8 Å². The van der Waals surface area contributed by atoms with E-state index in [1.165, 1.54) is 38.5 Å². The van der Waals surface area contributed by atoms with Crippen molar-refractivity contribution < 1.29 is 0 Å². The van der Waals surface area contributed by atoms with Crippen LogP contribution in [0.25, 0.3) is 0 Å². The molecule has 0 N–H and O–H groups in total. The van der Waals surface area contributed by atoms with Crippen molar-refractivity contribution in [3.8, 4) is 12.8 Å². The van der Waals surface area contributed by atoms with E-state index in [1.807, 2.05) is 0 Å². The zero-order chi connectivity index (χ0) is 10.2. The Morgan fingerprint density at radius 2 is 0.786 bits per heavy atom. The van der Waals surface area contributed by atoms with Crippen molar-refractivity contribution >= 4 is 0 Å². The summed E-state index contributed by atoms with van der Waals surface area (Å²) in [6.45, 7) is 0. The van der Waals surface area contributed by atoms with Crippen LogP contribution in [0.2, 0.25) is 0 Å². The minimum Gasteiger partial charge on any atom is -0.124 e. The Bertz CT molecular complexity index is 129. The van der Waals surface area contributed by atoms with Crippen LogP contribution in [-0.2, 0) is 0 Å². The van der Waals surface area contributed by atoms with Crippen molar-refractivity contribution in [2.24, 2.45) is 11.8 Å². The fourth-order valence-electron chi connectivity index (χ4n) is 3.21. The Hall–Kier alpha value is -0.440. The summed E-state index contributed by atoms with van der Waals surface area (Å²) in [6.07, 6.45) is 23.4. The van der Waals surface area contributed by atoms with Gasteiger partial charge >= 0.3 is 0 Å². The second kappa shape index (κ2) is 6.93. The summed E-state index contributed by atoms with van der Waals surface area (Å²) in [7, 11) is 0. The molecule has 14 heavy (non-hydrogen) atoms. The van der Waals surface area contributed by atoms with E-state index < -0.39 is 0 Å². The van der Waals surface area contributed by atoms with Gasteiger partial charge in [0.2, 0.25) is 0 Å². The van der Waals surface area contributed by atoms with Gasteiger partial charge in [-0.3, -0.25) is 0 Å². The van der Waals surface area contributed by atoms with Gasteiger partial charge in [0, 0.05) is 0 Å². The third-order valence-electron chi connectivity index (χ3n) is 3.97. The van der Waals surface area contributed by atoms with Gasteiger partial charge in [0.15, 0.2) is 0 Å². The first kappa shape index (κ1) is 11.6. The van der Waals surface area contributed by atoms with Crippen LogP contribution < -0.4 is 0 Å². The van der Waals surface area contributed by atoms with Crippen molar-refractivity contribution in [1.29, 1.82) is 0 Å². The van der Waals surface area contributed by atoms with Crippen LogP contribution in [0.5, 0.6) is 0 Å². The third-order valence-corrected chi connectivity index (χ3v) is 3.97. The number of terminal acetylenes is 1. The lowest BCUT2D eigenvalue weighted by Gasteiger charge is -2.32. The summed E-state index contributed by atoms with van der Waals surface area (Å²) >= 11 is 0. The molecular weight excluding hydrogens is 168 g/mol. The van der Waals surface area contributed by atoms with Crippen LogP contribution in [0.15, 0.2) is 0 Å². The second-order valence-corrected chi connectivity index (χ2v) is 4.80. The Morgan fingerprint density at radius 3 is 1.07 bits per heavy atom. The van der Waals surface area contributed by atoms with Gasteiger partial charge < -0.3 is 0 Å². The van der Waals surface area contributed by atoms with Gasteiger partial charge in [0.1, 0.15) is 0 Å². The van der Waals surface area contributed by atoms with Crippen LogP contribution in [0.3, 0.4) is 0 Å². The summed E-state index contributed by atoms with van der Waals surface area (Å²) in [5, 5.41) is 0. The zero-order valence-electron chi connectivity index (χ0n) is 9.38. The molecule has 2 saturated carbocycles. The van der Waals surface area contributed by atoms with Crippen molar-refractivity contribution in [3.63, 3.8) is 0 Å². The lowest BCUT2D eigenvalue weighted by molar-refractivity contribution is 0.196. The summed E-state index contributed by atoms with van der Waals surface area (Å²) in [5.74, 6) is 2.28. The molecule has 0 nitrogen and oxygen atoms in total. The molecule has 80 valence electrons. The number of hydrogen-bond acceptors (Lipinski definition) is 0. The Kier molecular flexibility index (Phi) is 5.76. The summed E-state index contributed by atoms with van der Waals surface area (Å²) in [5.41, 5.74) is 0. The summed E-state index contributed by atoms with van der Waals surface area (Å²) < 4.78 is 0. The molecule has 0 amide bonds. The molecule has 2 aliphatic carbocycles. The molecular formula is C14H24. The third kappa shape index (κ3) is 3.37. The maximum absolute atomic E-state index is 4.00. The van der Waals surface area contributed by atoms with Crippen LogP contribution in [0.4, 0.5) is 0 Å². The molecule has 0 aromatic heterocycles. The topological polar surface area (TPSA) is 0 Å². The molecule has 0 aliphatic heterocycles. The molecule has 0 aromatic rings. The second-order valence-electron chi connectivity index (χ2n) is 4.80. The predicted molar refractivity (Wildman–Crippen MR) is 63.0 cm³/mol. The predicted octanol–water partition coefficient (Wildman–Crippen LogP) is 4.40. The highest BCUT2D eigenvalue weighted by Crippen LogP contribution is 2.37. The van der Waals surface area contributed by atoms with Crippen LogP contribution in [0.1, 0.15) is 64.2 Å². The fraction of sp³-hybridized carbons (Fsp3) is 0.857. The molecule has 0 heteroatoms. The van der Waals surface area contributed by atoms with Crippen LogP contribution >= 0.6 is 0 Å². The number of rotatable bonds is 1. The SMILES string of the molecule is C#C.C1CCC(C2CCCCC2)CC1. The maximum Gasteiger partial charge on any atom is -0.0386 e. The molecule has 0 bridgehead atoms. The fourth-order valence-corrected chi connectivity index (χ4v) is 3.21. The van der Waals surface area contributed by atoms with E-state index in [9.17, 15) is 0 Å². The molecule has 0 heterocycles. The van der Waals surface area contributed by atoms with Gasteiger partial charge in [-0.25, -0.2) is 0 Å². The van der Waals surface area contributed by atoms with E-state index in [1.54, 1.807) is 25.7 Å². The normalized spacial score (nSPS) is 25.0. The number of hydrogen-bond donors (Lipinski definition) is 0. The van der Waals surface area contributed by atoms with Gasteiger partial charge in [-0.15, -0.1) is 12.8 Å². The average molecular weight is 192 g/mol. The van der Waals surface area contributed by atoms with Crippen molar-refractivity contribution in [2.75, 3.05) is 0 Å². The summed E-state index contributed by atoms with van der Waals surface area (Å²) in [4.78, 5) is 0. The van der Waals surface area contributed by atoms with Crippen molar-refractivity contribution in [3.05, 3.63) is 0 Å². The highest BCUT2D eigenvalue weighted by atomic mass is 14.3. The van der Waals surface area contributed by atoms with Crippen molar-refractivity contribution in [2.45, 2.75) is 64.2 Å². The molecule has 2 fully saturated rings. The van der Waals surface area contributed by atoms with Gasteiger partial charge in [-0.05, 0) is 11.8 Å².